The van der Waals surface area contributed by atoms with Crippen molar-refractivity contribution in [1.29, 1.82) is 0 Å². The molecule has 2 N–H and O–H groups in total. The fourth-order valence-corrected chi connectivity index (χ4v) is 2.75. The summed E-state index contributed by atoms with van der Waals surface area (Å²) in [5.41, 5.74) is 0.481. The number of hydrogen-bond donors (Lipinski definition) is 2. The minimum atomic E-state index is -0.144. The molecule has 0 unspecified atom stereocenters. The third-order valence-electron chi connectivity index (χ3n) is 3.68. The number of rotatable bonds is 6. The highest BCUT2D eigenvalue weighted by atomic mass is 35.5. The van der Waals surface area contributed by atoms with E-state index < -0.39 is 0 Å². The van der Waals surface area contributed by atoms with Crippen LogP contribution in [0.1, 0.15) is 37.0 Å². The molecular formula is C17H26Cl2N2O3. The van der Waals surface area contributed by atoms with Crippen molar-refractivity contribution in [3.8, 4) is 11.5 Å². The van der Waals surface area contributed by atoms with Gasteiger partial charge in [0.05, 0.1) is 18.7 Å². The van der Waals surface area contributed by atoms with Crippen molar-refractivity contribution < 1.29 is 14.3 Å². The van der Waals surface area contributed by atoms with Crippen molar-refractivity contribution in [2.24, 2.45) is 5.92 Å². The Balaban J connectivity index is 0.00000288. The van der Waals surface area contributed by atoms with Gasteiger partial charge in [-0.3, -0.25) is 4.79 Å². The van der Waals surface area contributed by atoms with Gasteiger partial charge in [0.1, 0.15) is 0 Å². The summed E-state index contributed by atoms with van der Waals surface area (Å²) in [5.74, 6) is 1.19. The maximum absolute atomic E-state index is 12.4. The van der Waals surface area contributed by atoms with Gasteiger partial charge in [0.15, 0.2) is 11.5 Å². The molecule has 1 fully saturated rings. The predicted octanol–water partition coefficient (Wildman–Crippen LogP) is 3.29. The van der Waals surface area contributed by atoms with E-state index in [0.717, 1.165) is 25.9 Å². The maximum atomic E-state index is 12.4. The summed E-state index contributed by atoms with van der Waals surface area (Å²) >= 11 is 6.29. The molecule has 7 heteroatoms. The first-order valence-corrected chi connectivity index (χ1v) is 8.41. The van der Waals surface area contributed by atoms with Gasteiger partial charge >= 0.3 is 0 Å². The van der Waals surface area contributed by atoms with Gasteiger partial charge < -0.3 is 20.1 Å². The van der Waals surface area contributed by atoms with Gasteiger partial charge in [-0.05, 0) is 37.4 Å². The van der Waals surface area contributed by atoms with E-state index in [9.17, 15) is 4.79 Å². The molecule has 0 bridgehead atoms. The highest BCUT2D eigenvalue weighted by Crippen LogP contribution is 2.36. The van der Waals surface area contributed by atoms with E-state index in [0.29, 0.717) is 34.6 Å². The van der Waals surface area contributed by atoms with Gasteiger partial charge in [-0.1, -0.05) is 25.4 Å². The molecule has 0 radical (unpaired) electrons. The number of carbonyl (C=O) groups excluding carboxylic acids is 1. The van der Waals surface area contributed by atoms with Crippen LogP contribution in [0.5, 0.6) is 11.5 Å². The number of nitrogens with one attached hydrogen (secondary N) is 2. The van der Waals surface area contributed by atoms with E-state index in [4.69, 9.17) is 21.1 Å². The standard InChI is InChI=1S/C17H25ClN2O3.ClH/c1-11(2)10-23-16-14(18)7-12(8-15(16)22-3)17(21)20-13-5-4-6-19-9-13;/h7-8,11,13,19H,4-6,9-10H2,1-3H3,(H,20,21);1H/t13-;/m0./s1. The molecule has 136 valence electrons. The molecule has 1 aromatic rings. The highest BCUT2D eigenvalue weighted by molar-refractivity contribution is 6.32. The van der Waals surface area contributed by atoms with Gasteiger partial charge in [0.25, 0.3) is 5.91 Å². The Morgan fingerprint density at radius 2 is 2.21 bits per heavy atom. The van der Waals surface area contributed by atoms with Gasteiger partial charge in [0, 0.05) is 18.2 Å². The first-order chi connectivity index (χ1) is 11.0. The Morgan fingerprint density at radius 3 is 2.79 bits per heavy atom. The molecule has 5 nitrogen and oxygen atoms in total. The smallest absolute Gasteiger partial charge is 0.251 e. The van der Waals surface area contributed by atoms with Crippen molar-refractivity contribution in [2.45, 2.75) is 32.7 Å². The summed E-state index contributed by atoms with van der Waals surface area (Å²) in [6, 6.07) is 3.45. The first-order valence-electron chi connectivity index (χ1n) is 8.03. The Labute approximate surface area is 154 Å². The third-order valence-corrected chi connectivity index (χ3v) is 3.97. The zero-order valence-electron chi connectivity index (χ0n) is 14.4. The molecular weight excluding hydrogens is 351 g/mol. The zero-order valence-corrected chi connectivity index (χ0v) is 15.9. The zero-order chi connectivity index (χ0) is 16.8. The summed E-state index contributed by atoms with van der Waals surface area (Å²) in [6.45, 7) is 6.45. The minimum Gasteiger partial charge on any atom is -0.493 e. The van der Waals surface area contributed by atoms with Crippen LogP contribution in [-0.2, 0) is 0 Å². The highest BCUT2D eigenvalue weighted by Gasteiger charge is 2.20. The molecule has 1 saturated heterocycles. The Hall–Kier alpha value is -1.17. The number of amides is 1. The van der Waals surface area contributed by atoms with Crippen LogP contribution in [0.15, 0.2) is 12.1 Å². The fraction of sp³-hybridized carbons (Fsp3) is 0.588. The number of benzene rings is 1. The second kappa shape index (κ2) is 9.97. The summed E-state index contributed by atoms with van der Waals surface area (Å²) in [6.07, 6.45) is 2.05. The number of methoxy groups -OCH3 is 1. The molecule has 2 rings (SSSR count). The second-order valence-electron chi connectivity index (χ2n) is 6.21. The van der Waals surface area contributed by atoms with Gasteiger partial charge in [-0.2, -0.15) is 0 Å². The van der Waals surface area contributed by atoms with Crippen LogP contribution in [0.4, 0.5) is 0 Å². The number of halogens is 2. The molecule has 0 saturated carbocycles. The van der Waals surface area contributed by atoms with Crippen molar-refractivity contribution in [3.05, 3.63) is 22.7 Å². The van der Waals surface area contributed by atoms with Gasteiger partial charge in [0.2, 0.25) is 0 Å². The number of ether oxygens (including phenoxy) is 2. The topological polar surface area (TPSA) is 59.6 Å². The lowest BCUT2D eigenvalue weighted by Crippen LogP contribution is -2.45. The van der Waals surface area contributed by atoms with E-state index in [1.54, 1.807) is 19.2 Å². The number of carbonyl (C=O) groups is 1. The summed E-state index contributed by atoms with van der Waals surface area (Å²) < 4.78 is 11.0. The number of piperidine rings is 1. The van der Waals surface area contributed by atoms with E-state index in [-0.39, 0.29) is 24.4 Å². The Morgan fingerprint density at radius 1 is 1.46 bits per heavy atom. The lowest BCUT2D eigenvalue weighted by atomic mass is 10.1. The lowest BCUT2D eigenvalue weighted by Gasteiger charge is -2.24. The minimum absolute atomic E-state index is 0. The quantitative estimate of drug-likeness (QED) is 0.799. The van der Waals surface area contributed by atoms with Crippen LogP contribution >= 0.6 is 24.0 Å². The molecule has 0 aliphatic carbocycles. The van der Waals surface area contributed by atoms with Crippen LogP contribution in [0.25, 0.3) is 0 Å². The van der Waals surface area contributed by atoms with Crippen LogP contribution in [0.3, 0.4) is 0 Å². The van der Waals surface area contributed by atoms with E-state index >= 15 is 0 Å². The summed E-state index contributed by atoms with van der Waals surface area (Å²) in [4.78, 5) is 12.4. The van der Waals surface area contributed by atoms with Crippen LogP contribution in [0, 0.1) is 5.92 Å². The van der Waals surface area contributed by atoms with Crippen molar-refractivity contribution in [3.63, 3.8) is 0 Å². The molecule has 1 aliphatic rings. The lowest BCUT2D eigenvalue weighted by molar-refractivity contribution is 0.0930. The Bertz CT molecular complexity index is 547. The average Bonchev–Trinajstić information content (AvgIpc) is 2.53. The van der Waals surface area contributed by atoms with E-state index in [1.165, 1.54) is 0 Å². The molecule has 1 amide bonds. The predicted molar refractivity (Wildman–Crippen MR) is 98.9 cm³/mol. The van der Waals surface area contributed by atoms with Crippen molar-refractivity contribution >= 4 is 29.9 Å². The van der Waals surface area contributed by atoms with E-state index in [1.807, 2.05) is 0 Å². The van der Waals surface area contributed by atoms with Crippen LogP contribution < -0.4 is 20.1 Å². The molecule has 0 spiro atoms. The molecule has 1 heterocycles. The normalized spacial score (nSPS) is 17.1. The molecule has 0 aromatic heterocycles. The Kier molecular flexibility index (Phi) is 8.67. The maximum Gasteiger partial charge on any atom is 0.251 e. The molecule has 24 heavy (non-hydrogen) atoms. The van der Waals surface area contributed by atoms with Crippen LogP contribution in [0.2, 0.25) is 5.02 Å². The fourth-order valence-electron chi connectivity index (χ4n) is 2.48. The number of hydrogen-bond acceptors (Lipinski definition) is 4. The molecule has 1 aromatic carbocycles. The van der Waals surface area contributed by atoms with Crippen LogP contribution in [-0.4, -0.2) is 38.8 Å². The first kappa shape index (κ1) is 20.9. The average molecular weight is 377 g/mol. The van der Waals surface area contributed by atoms with Gasteiger partial charge in [-0.25, -0.2) is 0 Å². The molecule has 1 atom stereocenters. The monoisotopic (exact) mass is 376 g/mol. The largest absolute Gasteiger partial charge is 0.493 e. The van der Waals surface area contributed by atoms with Gasteiger partial charge in [-0.15, -0.1) is 12.4 Å². The second-order valence-corrected chi connectivity index (χ2v) is 6.62. The van der Waals surface area contributed by atoms with Crippen molar-refractivity contribution in [1.82, 2.24) is 10.6 Å². The third kappa shape index (κ3) is 5.72. The molecule has 1 aliphatic heterocycles. The van der Waals surface area contributed by atoms with Crippen molar-refractivity contribution in [2.75, 3.05) is 26.8 Å². The van der Waals surface area contributed by atoms with E-state index in [2.05, 4.69) is 24.5 Å². The SMILES string of the molecule is COc1cc(C(=O)N[C@H]2CCCNC2)cc(Cl)c1OCC(C)C.Cl. The summed E-state index contributed by atoms with van der Waals surface area (Å²) in [5, 5.41) is 6.69. The summed E-state index contributed by atoms with van der Waals surface area (Å²) in [7, 11) is 1.54.